The Kier molecular flexibility index (Phi) is 2.77. The van der Waals surface area contributed by atoms with Crippen molar-refractivity contribution in [3.05, 3.63) is 22.9 Å². The molecule has 0 unspecified atom stereocenters. The summed E-state index contributed by atoms with van der Waals surface area (Å²) in [6.45, 7) is 5.42. The zero-order chi connectivity index (χ0) is 13.4. The van der Waals surface area contributed by atoms with E-state index < -0.39 is 0 Å². The van der Waals surface area contributed by atoms with Crippen LogP contribution in [0.3, 0.4) is 0 Å². The number of nitrogens with two attached hydrogens (primary N) is 1. The van der Waals surface area contributed by atoms with Gasteiger partial charge < -0.3 is 10.9 Å². The highest BCUT2D eigenvalue weighted by molar-refractivity contribution is 6.00. The predicted molar refractivity (Wildman–Crippen MR) is 64.8 cm³/mol. The molecule has 0 aliphatic heterocycles. The van der Waals surface area contributed by atoms with Gasteiger partial charge in [0.05, 0.1) is 11.3 Å². The van der Waals surface area contributed by atoms with Crippen molar-refractivity contribution in [1.82, 2.24) is 24.5 Å². The van der Waals surface area contributed by atoms with Gasteiger partial charge in [0.2, 0.25) is 0 Å². The van der Waals surface area contributed by atoms with Gasteiger partial charge in [0.1, 0.15) is 11.6 Å². The molecular formula is C10H15N7O. The highest BCUT2D eigenvalue weighted by atomic mass is 16.4. The number of nitrogens with zero attached hydrogens (tertiary/aromatic N) is 6. The van der Waals surface area contributed by atoms with Crippen molar-refractivity contribution in [2.24, 2.45) is 17.9 Å². The SMILES string of the molecule is Cc1nc(C)n(-c2c(C(N)=NO)c(C)nn2C)n1. The summed E-state index contributed by atoms with van der Waals surface area (Å²) in [6, 6.07) is 0. The molecule has 0 spiro atoms. The van der Waals surface area contributed by atoms with Crippen LogP contribution in [0.25, 0.3) is 5.82 Å². The van der Waals surface area contributed by atoms with Gasteiger partial charge in [-0.25, -0.2) is 9.67 Å². The van der Waals surface area contributed by atoms with E-state index in [1.54, 1.807) is 30.3 Å². The third-order valence-corrected chi connectivity index (χ3v) is 2.63. The molecule has 8 heteroatoms. The van der Waals surface area contributed by atoms with Gasteiger partial charge >= 0.3 is 0 Å². The largest absolute Gasteiger partial charge is 0.409 e. The molecule has 0 saturated heterocycles. The summed E-state index contributed by atoms with van der Waals surface area (Å²) < 4.78 is 3.26. The number of rotatable bonds is 2. The van der Waals surface area contributed by atoms with Gasteiger partial charge in [-0.3, -0.25) is 0 Å². The number of aromatic nitrogens is 5. The smallest absolute Gasteiger partial charge is 0.175 e. The average Bonchev–Trinajstić information content (AvgIpc) is 2.77. The molecule has 0 radical (unpaired) electrons. The molecule has 0 aromatic carbocycles. The van der Waals surface area contributed by atoms with E-state index in [0.717, 1.165) is 0 Å². The second-order valence-corrected chi connectivity index (χ2v) is 4.01. The van der Waals surface area contributed by atoms with Gasteiger partial charge in [0.25, 0.3) is 0 Å². The standard InChI is InChI=1S/C10H15N7O/c1-5-8(9(11)15-18)10(16(4)13-5)17-7(3)12-6(2)14-17/h18H,1-4H3,(H2,11,15). The van der Waals surface area contributed by atoms with Gasteiger partial charge in [-0.15, -0.1) is 5.10 Å². The molecule has 0 fully saturated rings. The fraction of sp³-hybridized carbons (Fsp3) is 0.400. The van der Waals surface area contributed by atoms with Crippen molar-refractivity contribution in [3.8, 4) is 5.82 Å². The normalized spacial score (nSPS) is 12.1. The summed E-state index contributed by atoms with van der Waals surface area (Å²) in [7, 11) is 1.77. The lowest BCUT2D eigenvalue weighted by Gasteiger charge is -2.06. The summed E-state index contributed by atoms with van der Waals surface area (Å²) in [6.07, 6.45) is 0. The van der Waals surface area contributed by atoms with E-state index in [-0.39, 0.29) is 5.84 Å². The Labute approximate surface area is 104 Å². The van der Waals surface area contributed by atoms with E-state index in [9.17, 15) is 0 Å². The van der Waals surface area contributed by atoms with Gasteiger partial charge in [0.15, 0.2) is 11.7 Å². The van der Waals surface area contributed by atoms with E-state index in [0.29, 0.717) is 28.7 Å². The van der Waals surface area contributed by atoms with Crippen LogP contribution in [0.15, 0.2) is 5.16 Å². The number of hydrogen-bond donors (Lipinski definition) is 2. The molecular weight excluding hydrogens is 234 g/mol. The van der Waals surface area contributed by atoms with Crippen LogP contribution in [0.5, 0.6) is 0 Å². The Hall–Kier alpha value is -2.38. The second kappa shape index (κ2) is 4.13. The topological polar surface area (TPSA) is 107 Å². The minimum Gasteiger partial charge on any atom is -0.409 e. The minimum atomic E-state index is 0.00292. The van der Waals surface area contributed by atoms with Gasteiger partial charge in [0, 0.05) is 7.05 Å². The van der Waals surface area contributed by atoms with Crippen LogP contribution in [0, 0.1) is 20.8 Å². The van der Waals surface area contributed by atoms with E-state index >= 15 is 0 Å². The molecule has 18 heavy (non-hydrogen) atoms. The Morgan fingerprint density at radius 1 is 1.28 bits per heavy atom. The van der Waals surface area contributed by atoms with E-state index in [1.165, 1.54) is 0 Å². The predicted octanol–water partition coefficient (Wildman–Crippen LogP) is 0.0206. The van der Waals surface area contributed by atoms with Crippen molar-refractivity contribution in [2.45, 2.75) is 20.8 Å². The number of amidine groups is 1. The lowest BCUT2D eigenvalue weighted by Crippen LogP contribution is -2.18. The minimum absolute atomic E-state index is 0.00292. The fourth-order valence-corrected chi connectivity index (χ4v) is 1.96. The first kappa shape index (κ1) is 12.1. The van der Waals surface area contributed by atoms with Gasteiger partial charge in [-0.05, 0) is 20.8 Å². The maximum atomic E-state index is 8.85. The summed E-state index contributed by atoms with van der Waals surface area (Å²) in [5.74, 6) is 1.99. The van der Waals surface area contributed by atoms with Crippen molar-refractivity contribution in [1.29, 1.82) is 0 Å². The Morgan fingerprint density at radius 2 is 1.94 bits per heavy atom. The van der Waals surface area contributed by atoms with Crippen LogP contribution >= 0.6 is 0 Å². The summed E-state index contributed by atoms with van der Waals surface area (Å²) in [5.41, 5.74) is 6.90. The van der Waals surface area contributed by atoms with Gasteiger partial charge in [-0.1, -0.05) is 5.16 Å². The molecule has 0 saturated carbocycles. The summed E-state index contributed by atoms with van der Waals surface area (Å²) in [4.78, 5) is 4.23. The fourth-order valence-electron chi connectivity index (χ4n) is 1.96. The molecule has 8 nitrogen and oxygen atoms in total. The zero-order valence-electron chi connectivity index (χ0n) is 10.7. The molecule has 3 N–H and O–H groups in total. The van der Waals surface area contributed by atoms with Crippen LogP contribution in [0.1, 0.15) is 22.9 Å². The Balaban J connectivity index is 2.75. The van der Waals surface area contributed by atoms with Crippen LogP contribution in [0.4, 0.5) is 0 Å². The summed E-state index contributed by atoms with van der Waals surface area (Å²) >= 11 is 0. The average molecular weight is 249 g/mol. The molecule has 0 aliphatic carbocycles. The van der Waals surface area contributed by atoms with Crippen LogP contribution in [0.2, 0.25) is 0 Å². The van der Waals surface area contributed by atoms with E-state index in [1.807, 2.05) is 6.92 Å². The maximum absolute atomic E-state index is 8.85. The first-order valence-corrected chi connectivity index (χ1v) is 5.37. The molecule has 0 bridgehead atoms. The number of oxime groups is 1. The molecule has 0 atom stereocenters. The highest BCUT2D eigenvalue weighted by Gasteiger charge is 2.21. The first-order chi connectivity index (χ1) is 8.45. The number of hydrogen-bond acceptors (Lipinski definition) is 5. The van der Waals surface area contributed by atoms with Crippen molar-refractivity contribution in [2.75, 3.05) is 0 Å². The quantitative estimate of drug-likeness (QED) is 0.337. The van der Waals surface area contributed by atoms with E-state index in [2.05, 4.69) is 20.3 Å². The highest BCUT2D eigenvalue weighted by Crippen LogP contribution is 2.18. The van der Waals surface area contributed by atoms with Crippen molar-refractivity contribution >= 4 is 5.84 Å². The summed E-state index contributed by atoms with van der Waals surface area (Å²) in [5, 5.41) is 20.4. The molecule has 2 heterocycles. The Morgan fingerprint density at radius 3 is 2.44 bits per heavy atom. The van der Waals surface area contributed by atoms with Crippen molar-refractivity contribution in [3.63, 3.8) is 0 Å². The second-order valence-electron chi connectivity index (χ2n) is 4.01. The van der Waals surface area contributed by atoms with Crippen molar-refractivity contribution < 1.29 is 5.21 Å². The molecule has 2 aromatic rings. The van der Waals surface area contributed by atoms with Gasteiger partial charge in [-0.2, -0.15) is 9.78 Å². The number of aryl methyl sites for hydroxylation is 4. The molecule has 2 rings (SSSR count). The van der Waals surface area contributed by atoms with Crippen LogP contribution in [-0.4, -0.2) is 35.6 Å². The molecule has 2 aromatic heterocycles. The van der Waals surface area contributed by atoms with E-state index in [4.69, 9.17) is 10.9 Å². The lowest BCUT2D eigenvalue weighted by molar-refractivity contribution is 0.318. The third kappa shape index (κ3) is 1.71. The van der Waals surface area contributed by atoms with Crippen LogP contribution in [-0.2, 0) is 7.05 Å². The Bertz CT molecular complexity index is 622. The monoisotopic (exact) mass is 249 g/mol. The maximum Gasteiger partial charge on any atom is 0.175 e. The lowest BCUT2D eigenvalue weighted by atomic mass is 10.2. The zero-order valence-corrected chi connectivity index (χ0v) is 10.7. The third-order valence-electron chi connectivity index (χ3n) is 2.63. The molecule has 0 aliphatic rings. The van der Waals surface area contributed by atoms with Crippen LogP contribution < -0.4 is 5.73 Å². The first-order valence-electron chi connectivity index (χ1n) is 5.37. The molecule has 0 amide bonds. The molecule has 96 valence electrons.